The fourth-order valence-electron chi connectivity index (χ4n) is 5.39. The Hall–Kier alpha value is -6.54. The number of aromatic nitrogens is 6. The van der Waals surface area contributed by atoms with Crippen molar-refractivity contribution in [2.75, 3.05) is 10.6 Å². The number of anilines is 4. The number of nitrogens with zero attached hydrogens (tertiary/aromatic N) is 6. The van der Waals surface area contributed by atoms with Crippen LogP contribution in [-0.4, -0.2) is 29.8 Å². The summed E-state index contributed by atoms with van der Waals surface area (Å²) in [5, 5.41) is 23.1. The van der Waals surface area contributed by atoms with Crippen LogP contribution in [0.4, 0.5) is 35.9 Å². The van der Waals surface area contributed by atoms with Gasteiger partial charge >= 0.3 is 0 Å². The Morgan fingerprint density at radius 3 is 1.93 bits per heavy atom. The Morgan fingerprint density at radius 2 is 1.33 bits per heavy atom. The SMILES string of the molecule is CCn1nc(-c2ccccc2)c(-c2nnc(C)o2)c(Nc2cc(F)c(F)c(F)c2)c1=O.CCn1nc(-c2ccccc2)cc(Nc2cccc(Cl)c2)c1=O. The first-order valence-electron chi connectivity index (χ1n) is 16.7. The molecule has 3 aromatic heterocycles. The quantitative estimate of drug-likeness (QED) is 0.139. The molecule has 0 spiro atoms. The van der Waals surface area contributed by atoms with Crippen molar-refractivity contribution in [3.05, 3.63) is 152 Å². The largest absolute Gasteiger partial charge is 0.421 e. The molecule has 0 unspecified atom stereocenters. The molecule has 0 atom stereocenters. The van der Waals surface area contributed by atoms with Crippen molar-refractivity contribution in [3.8, 4) is 34.0 Å². The molecular formula is C39H32ClF3N8O3. The van der Waals surface area contributed by atoms with Gasteiger partial charge in [-0.3, -0.25) is 9.59 Å². The highest BCUT2D eigenvalue weighted by molar-refractivity contribution is 6.30. The minimum absolute atomic E-state index is 0.00485. The van der Waals surface area contributed by atoms with E-state index in [1.54, 1.807) is 56.3 Å². The molecule has 0 saturated carbocycles. The smallest absolute Gasteiger partial charge is 0.291 e. The number of benzene rings is 4. The minimum Gasteiger partial charge on any atom is -0.421 e. The topological polar surface area (TPSA) is 133 Å². The molecular weight excluding hydrogens is 721 g/mol. The number of hydrogen-bond donors (Lipinski definition) is 2. The first-order chi connectivity index (χ1) is 26.1. The molecule has 7 rings (SSSR count). The zero-order valence-corrected chi connectivity index (χ0v) is 29.9. The van der Waals surface area contributed by atoms with E-state index in [0.717, 1.165) is 29.1 Å². The van der Waals surface area contributed by atoms with Crippen molar-refractivity contribution in [1.82, 2.24) is 29.8 Å². The van der Waals surface area contributed by atoms with Crippen molar-refractivity contribution in [2.24, 2.45) is 0 Å². The van der Waals surface area contributed by atoms with Crippen LogP contribution in [0.3, 0.4) is 0 Å². The first-order valence-corrected chi connectivity index (χ1v) is 17.1. The molecule has 274 valence electrons. The normalized spacial score (nSPS) is 10.8. The number of rotatable bonds is 9. The van der Waals surface area contributed by atoms with E-state index in [4.69, 9.17) is 16.0 Å². The monoisotopic (exact) mass is 752 g/mol. The minimum atomic E-state index is -1.61. The van der Waals surface area contributed by atoms with Gasteiger partial charge in [0.15, 0.2) is 17.5 Å². The molecule has 0 saturated heterocycles. The van der Waals surface area contributed by atoms with Crippen molar-refractivity contribution in [2.45, 2.75) is 33.9 Å². The first kappa shape index (κ1) is 37.2. The lowest BCUT2D eigenvalue weighted by atomic mass is 10.0. The van der Waals surface area contributed by atoms with Crippen LogP contribution >= 0.6 is 11.6 Å². The van der Waals surface area contributed by atoms with Gasteiger partial charge < -0.3 is 15.1 Å². The third kappa shape index (κ3) is 8.24. The van der Waals surface area contributed by atoms with E-state index in [-0.39, 0.29) is 40.8 Å². The molecule has 0 aliphatic rings. The fourth-order valence-corrected chi connectivity index (χ4v) is 5.58. The van der Waals surface area contributed by atoms with E-state index in [2.05, 4.69) is 31.0 Å². The van der Waals surface area contributed by atoms with Crippen LogP contribution in [0, 0.1) is 24.4 Å². The third-order valence-electron chi connectivity index (χ3n) is 7.94. The lowest BCUT2D eigenvalue weighted by Crippen LogP contribution is -2.26. The Morgan fingerprint density at radius 1 is 0.704 bits per heavy atom. The summed E-state index contributed by atoms with van der Waals surface area (Å²) in [6.45, 7) is 5.93. The van der Waals surface area contributed by atoms with Gasteiger partial charge in [0.05, 0.1) is 11.3 Å². The van der Waals surface area contributed by atoms with E-state index in [0.29, 0.717) is 28.5 Å². The highest BCUT2D eigenvalue weighted by atomic mass is 35.5. The van der Waals surface area contributed by atoms with Crippen LogP contribution in [-0.2, 0) is 13.1 Å². The zero-order chi connectivity index (χ0) is 38.4. The summed E-state index contributed by atoms with van der Waals surface area (Å²) in [7, 11) is 0. The molecule has 4 aromatic carbocycles. The van der Waals surface area contributed by atoms with Crippen LogP contribution in [0.1, 0.15) is 19.7 Å². The Balaban J connectivity index is 0.000000193. The summed E-state index contributed by atoms with van der Waals surface area (Å²) in [5.74, 6) is -4.16. The van der Waals surface area contributed by atoms with Gasteiger partial charge in [0.1, 0.15) is 17.1 Å². The number of hydrogen-bond acceptors (Lipinski definition) is 9. The molecule has 2 N–H and O–H groups in total. The summed E-state index contributed by atoms with van der Waals surface area (Å²) in [6.07, 6.45) is 0. The number of aryl methyl sites for hydroxylation is 3. The molecule has 0 radical (unpaired) electrons. The molecule has 0 fully saturated rings. The van der Waals surface area contributed by atoms with Gasteiger partial charge in [0, 0.05) is 59.7 Å². The van der Waals surface area contributed by atoms with E-state index < -0.39 is 23.0 Å². The Bertz CT molecular complexity index is 2520. The maximum Gasteiger partial charge on any atom is 0.291 e. The van der Waals surface area contributed by atoms with Gasteiger partial charge in [-0.05, 0) is 38.1 Å². The molecule has 54 heavy (non-hydrogen) atoms. The Kier molecular flexibility index (Phi) is 11.3. The summed E-state index contributed by atoms with van der Waals surface area (Å²) >= 11 is 6.00. The molecule has 0 aliphatic heterocycles. The van der Waals surface area contributed by atoms with Gasteiger partial charge in [-0.25, -0.2) is 22.5 Å². The van der Waals surface area contributed by atoms with Crippen molar-refractivity contribution < 1.29 is 17.6 Å². The standard InChI is InChI=1S/C21H16F3N5O2.C18H16ClN3O/c1-3-29-21(30)19(25-13-9-14(22)17(24)15(23)10-13)16(20-27-26-11(2)31-20)18(28-29)12-7-5-4-6-8-12;1-2-22-18(23)17(20-15-10-6-9-14(19)11-15)12-16(21-22)13-7-4-3-5-8-13/h4-10,25H,3H2,1-2H3;3-12,20H,2H2,1H3. The molecule has 11 nitrogen and oxygen atoms in total. The van der Waals surface area contributed by atoms with Gasteiger partial charge in [-0.2, -0.15) is 10.2 Å². The van der Waals surface area contributed by atoms with E-state index >= 15 is 0 Å². The third-order valence-corrected chi connectivity index (χ3v) is 8.18. The number of nitrogens with one attached hydrogen (secondary N) is 2. The maximum atomic E-state index is 13.8. The predicted molar refractivity (Wildman–Crippen MR) is 202 cm³/mol. The number of halogens is 4. The van der Waals surface area contributed by atoms with Crippen molar-refractivity contribution >= 4 is 34.4 Å². The van der Waals surface area contributed by atoms with Crippen LogP contribution in [0.5, 0.6) is 0 Å². The molecule has 15 heteroatoms. The second kappa shape index (κ2) is 16.4. The molecule has 0 amide bonds. The van der Waals surface area contributed by atoms with Crippen LogP contribution < -0.4 is 21.8 Å². The van der Waals surface area contributed by atoms with Gasteiger partial charge in [0.2, 0.25) is 5.89 Å². The highest BCUT2D eigenvalue weighted by Gasteiger charge is 2.25. The van der Waals surface area contributed by atoms with Crippen molar-refractivity contribution in [1.29, 1.82) is 0 Å². The maximum absolute atomic E-state index is 13.8. The molecule has 0 bridgehead atoms. The average Bonchev–Trinajstić information content (AvgIpc) is 3.61. The van der Waals surface area contributed by atoms with Crippen LogP contribution in [0.25, 0.3) is 34.0 Å². The molecule has 7 aromatic rings. The zero-order valence-electron chi connectivity index (χ0n) is 29.1. The van der Waals surface area contributed by atoms with E-state index in [9.17, 15) is 22.8 Å². The van der Waals surface area contributed by atoms with E-state index in [1.165, 1.54) is 9.36 Å². The Labute approximate surface area is 311 Å². The van der Waals surface area contributed by atoms with Gasteiger partial charge in [-0.1, -0.05) is 78.3 Å². The predicted octanol–water partition coefficient (Wildman–Crippen LogP) is 8.78. The van der Waals surface area contributed by atoms with E-state index in [1.807, 2.05) is 55.5 Å². The van der Waals surface area contributed by atoms with Gasteiger partial charge in [0.25, 0.3) is 17.0 Å². The average molecular weight is 753 g/mol. The summed E-state index contributed by atoms with van der Waals surface area (Å²) in [4.78, 5) is 25.6. The van der Waals surface area contributed by atoms with Gasteiger partial charge in [-0.15, -0.1) is 10.2 Å². The summed E-state index contributed by atoms with van der Waals surface area (Å²) in [5.41, 5.74) is 3.10. The van der Waals surface area contributed by atoms with Crippen LogP contribution in [0.2, 0.25) is 5.02 Å². The second-order valence-electron chi connectivity index (χ2n) is 11.7. The highest BCUT2D eigenvalue weighted by Crippen LogP contribution is 2.35. The molecule has 0 aliphatic carbocycles. The molecule has 3 heterocycles. The summed E-state index contributed by atoms with van der Waals surface area (Å²) in [6, 6.07) is 29.3. The summed E-state index contributed by atoms with van der Waals surface area (Å²) < 4.78 is 49.1. The second-order valence-corrected chi connectivity index (χ2v) is 12.1. The lowest BCUT2D eigenvalue weighted by molar-refractivity contribution is 0.448. The van der Waals surface area contributed by atoms with Crippen LogP contribution in [0.15, 0.2) is 117 Å². The van der Waals surface area contributed by atoms with Crippen molar-refractivity contribution in [3.63, 3.8) is 0 Å². The lowest BCUT2D eigenvalue weighted by Gasteiger charge is -2.16. The fraction of sp³-hybridized carbons (Fsp3) is 0.128.